The van der Waals surface area contributed by atoms with Gasteiger partial charge in [0.1, 0.15) is 5.75 Å². The van der Waals surface area contributed by atoms with Crippen molar-refractivity contribution in [3.63, 3.8) is 0 Å². The molecule has 1 unspecified atom stereocenters. The standard InChI is InChI=1S/C18H21NO3/c1-2-10-22-16-5-3-4-13(11-16)12-17(18(20)21)14-6-8-15(19)9-7-14/h3-9,11,17H,2,10,12,19H2,1H3,(H,20,21). The molecule has 0 spiro atoms. The number of ether oxygens (including phenoxy) is 1. The van der Waals surface area contributed by atoms with Gasteiger partial charge in [-0.05, 0) is 48.2 Å². The van der Waals surface area contributed by atoms with Crippen LogP contribution in [0.4, 0.5) is 5.69 Å². The summed E-state index contributed by atoms with van der Waals surface area (Å²) in [6.45, 7) is 2.70. The van der Waals surface area contributed by atoms with Crippen molar-refractivity contribution in [3.8, 4) is 5.75 Å². The van der Waals surface area contributed by atoms with E-state index in [0.29, 0.717) is 18.7 Å². The van der Waals surface area contributed by atoms with Gasteiger partial charge in [-0.15, -0.1) is 0 Å². The molecule has 3 N–H and O–H groups in total. The molecule has 1 atom stereocenters. The maximum atomic E-state index is 11.6. The smallest absolute Gasteiger partial charge is 0.311 e. The Labute approximate surface area is 130 Å². The number of nitrogens with two attached hydrogens (primary N) is 1. The van der Waals surface area contributed by atoms with Crippen molar-refractivity contribution in [2.75, 3.05) is 12.3 Å². The number of nitrogen functional groups attached to an aromatic ring is 1. The summed E-state index contributed by atoms with van der Waals surface area (Å²) >= 11 is 0. The molecule has 0 radical (unpaired) electrons. The van der Waals surface area contributed by atoms with Gasteiger partial charge < -0.3 is 15.6 Å². The largest absolute Gasteiger partial charge is 0.494 e. The minimum absolute atomic E-state index is 0.419. The van der Waals surface area contributed by atoms with E-state index in [2.05, 4.69) is 0 Å². The van der Waals surface area contributed by atoms with Crippen LogP contribution in [0, 0.1) is 0 Å². The van der Waals surface area contributed by atoms with Crippen molar-refractivity contribution in [2.24, 2.45) is 0 Å². The van der Waals surface area contributed by atoms with E-state index in [1.54, 1.807) is 24.3 Å². The number of hydrogen-bond donors (Lipinski definition) is 2. The average molecular weight is 299 g/mol. The summed E-state index contributed by atoms with van der Waals surface area (Å²) < 4.78 is 5.60. The number of rotatable bonds is 7. The molecule has 0 aromatic heterocycles. The second-order valence-electron chi connectivity index (χ2n) is 5.26. The first-order valence-electron chi connectivity index (χ1n) is 7.40. The Morgan fingerprint density at radius 2 is 1.95 bits per heavy atom. The van der Waals surface area contributed by atoms with E-state index in [-0.39, 0.29) is 0 Å². The molecule has 0 saturated heterocycles. The van der Waals surface area contributed by atoms with Crippen LogP contribution in [0.5, 0.6) is 5.75 Å². The Balaban J connectivity index is 2.17. The van der Waals surface area contributed by atoms with E-state index in [4.69, 9.17) is 10.5 Å². The summed E-state index contributed by atoms with van der Waals surface area (Å²) in [7, 11) is 0. The van der Waals surface area contributed by atoms with Crippen molar-refractivity contribution in [3.05, 3.63) is 59.7 Å². The van der Waals surface area contributed by atoms with Crippen molar-refractivity contribution in [1.82, 2.24) is 0 Å². The molecule has 0 heterocycles. The van der Waals surface area contributed by atoms with E-state index < -0.39 is 11.9 Å². The highest BCUT2D eigenvalue weighted by molar-refractivity contribution is 5.76. The zero-order chi connectivity index (χ0) is 15.9. The molecule has 4 nitrogen and oxygen atoms in total. The van der Waals surface area contributed by atoms with Gasteiger partial charge in [-0.3, -0.25) is 4.79 Å². The maximum absolute atomic E-state index is 11.6. The monoisotopic (exact) mass is 299 g/mol. The van der Waals surface area contributed by atoms with Crippen molar-refractivity contribution in [2.45, 2.75) is 25.7 Å². The van der Waals surface area contributed by atoms with Crippen molar-refractivity contribution < 1.29 is 14.6 Å². The number of anilines is 1. The summed E-state index contributed by atoms with van der Waals surface area (Å²) in [5.74, 6) is -0.660. The van der Waals surface area contributed by atoms with E-state index >= 15 is 0 Å². The molecule has 4 heteroatoms. The Morgan fingerprint density at radius 3 is 2.59 bits per heavy atom. The van der Waals surface area contributed by atoms with Gasteiger partial charge >= 0.3 is 5.97 Å². The second kappa shape index (κ2) is 7.50. The average Bonchev–Trinajstić information content (AvgIpc) is 2.52. The zero-order valence-electron chi connectivity index (χ0n) is 12.7. The Morgan fingerprint density at radius 1 is 1.23 bits per heavy atom. The van der Waals surface area contributed by atoms with Gasteiger partial charge in [-0.2, -0.15) is 0 Å². The molecule has 116 valence electrons. The molecule has 0 saturated carbocycles. The van der Waals surface area contributed by atoms with Gasteiger partial charge in [0.25, 0.3) is 0 Å². The molecule has 0 bridgehead atoms. The van der Waals surface area contributed by atoms with Crippen LogP contribution in [0.1, 0.15) is 30.4 Å². The highest BCUT2D eigenvalue weighted by atomic mass is 16.5. The molecule has 22 heavy (non-hydrogen) atoms. The molecule has 0 fully saturated rings. The van der Waals surface area contributed by atoms with Gasteiger partial charge in [0, 0.05) is 5.69 Å². The highest BCUT2D eigenvalue weighted by Gasteiger charge is 2.20. The summed E-state index contributed by atoms with van der Waals surface area (Å²) in [6, 6.07) is 14.6. The van der Waals surface area contributed by atoms with Crippen molar-refractivity contribution in [1.29, 1.82) is 0 Å². The summed E-state index contributed by atoms with van der Waals surface area (Å²) in [5, 5.41) is 9.51. The van der Waals surface area contributed by atoms with Gasteiger partial charge in [-0.25, -0.2) is 0 Å². The van der Waals surface area contributed by atoms with Crippen molar-refractivity contribution >= 4 is 11.7 Å². The van der Waals surface area contributed by atoms with E-state index in [1.165, 1.54) is 0 Å². The molecule has 2 aromatic carbocycles. The van der Waals surface area contributed by atoms with Gasteiger partial charge in [0.2, 0.25) is 0 Å². The minimum Gasteiger partial charge on any atom is -0.494 e. The number of carbonyl (C=O) groups is 1. The SMILES string of the molecule is CCCOc1cccc(CC(C(=O)O)c2ccc(N)cc2)c1. The lowest BCUT2D eigenvalue weighted by Crippen LogP contribution is -2.14. The van der Waals surface area contributed by atoms with Gasteiger partial charge in [0.15, 0.2) is 0 Å². The molecule has 2 rings (SSSR count). The number of hydrogen-bond acceptors (Lipinski definition) is 3. The van der Waals surface area contributed by atoms with E-state index in [0.717, 1.165) is 23.3 Å². The highest BCUT2D eigenvalue weighted by Crippen LogP contribution is 2.24. The van der Waals surface area contributed by atoms with Crippen LogP contribution in [0.2, 0.25) is 0 Å². The molecule has 2 aromatic rings. The van der Waals surface area contributed by atoms with Gasteiger partial charge in [0.05, 0.1) is 12.5 Å². The molecular formula is C18H21NO3. The third-order valence-electron chi connectivity index (χ3n) is 3.45. The predicted octanol–water partition coefficient (Wildman–Crippen LogP) is 3.47. The number of carboxylic acids is 1. The second-order valence-corrected chi connectivity index (χ2v) is 5.26. The van der Waals surface area contributed by atoms with E-state index in [1.807, 2.05) is 31.2 Å². The summed E-state index contributed by atoms with van der Waals surface area (Å²) in [4.78, 5) is 11.6. The first-order valence-corrected chi connectivity index (χ1v) is 7.40. The first kappa shape index (κ1) is 15.9. The van der Waals surface area contributed by atoms with Crippen LogP contribution in [-0.2, 0) is 11.2 Å². The first-order chi connectivity index (χ1) is 10.6. The number of carboxylic acid groups (broad SMARTS) is 1. The lowest BCUT2D eigenvalue weighted by Gasteiger charge is -2.14. The van der Waals surface area contributed by atoms with Crippen LogP contribution in [0.25, 0.3) is 0 Å². The van der Waals surface area contributed by atoms with Crippen LogP contribution in [0.15, 0.2) is 48.5 Å². The maximum Gasteiger partial charge on any atom is 0.311 e. The van der Waals surface area contributed by atoms with Crippen LogP contribution in [-0.4, -0.2) is 17.7 Å². The fourth-order valence-electron chi connectivity index (χ4n) is 2.29. The number of benzene rings is 2. The molecule has 0 aliphatic heterocycles. The fourth-order valence-corrected chi connectivity index (χ4v) is 2.29. The summed E-state index contributed by atoms with van der Waals surface area (Å²) in [6.07, 6.45) is 1.36. The Kier molecular flexibility index (Phi) is 5.42. The lowest BCUT2D eigenvalue weighted by atomic mass is 9.92. The van der Waals surface area contributed by atoms with Gasteiger partial charge in [-0.1, -0.05) is 31.2 Å². The fraction of sp³-hybridized carbons (Fsp3) is 0.278. The zero-order valence-corrected chi connectivity index (χ0v) is 12.7. The summed E-state index contributed by atoms with van der Waals surface area (Å²) in [5.41, 5.74) is 7.98. The lowest BCUT2D eigenvalue weighted by molar-refractivity contribution is -0.138. The third-order valence-corrected chi connectivity index (χ3v) is 3.45. The predicted molar refractivity (Wildman–Crippen MR) is 87.2 cm³/mol. The normalized spacial score (nSPS) is 11.9. The van der Waals surface area contributed by atoms with Crippen LogP contribution < -0.4 is 10.5 Å². The number of aliphatic carboxylic acids is 1. The molecule has 0 amide bonds. The molecule has 0 aliphatic rings. The topological polar surface area (TPSA) is 72.5 Å². The Hall–Kier alpha value is -2.49. The van der Waals surface area contributed by atoms with Crippen LogP contribution in [0.3, 0.4) is 0 Å². The minimum atomic E-state index is -0.843. The third kappa shape index (κ3) is 4.25. The quantitative estimate of drug-likeness (QED) is 0.768. The molecule has 0 aliphatic carbocycles. The van der Waals surface area contributed by atoms with E-state index in [9.17, 15) is 9.90 Å². The molecular weight excluding hydrogens is 278 g/mol. The van der Waals surface area contributed by atoms with Crippen LogP contribution >= 0.6 is 0 Å². The Bertz CT molecular complexity index is 622.